The lowest BCUT2D eigenvalue weighted by Gasteiger charge is -2.40. The molecule has 0 fully saturated rings. The maximum Gasteiger partial charge on any atom is 0.308 e. The van der Waals surface area contributed by atoms with Gasteiger partial charge in [0.25, 0.3) is 0 Å². The number of aromatic nitrogens is 2. The van der Waals surface area contributed by atoms with E-state index < -0.39 is 133 Å². The van der Waals surface area contributed by atoms with Gasteiger partial charge in [-0.1, -0.05) is 116 Å². The molecule has 4 bridgehead atoms. The third-order valence-electron chi connectivity index (χ3n) is 20.2. The van der Waals surface area contributed by atoms with Crippen LogP contribution in [0.15, 0.2) is 94.5 Å². The number of oxazole rings is 2. The van der Waals surface area contributed by atoms with Gasteiger partial charge in [0.05, 0.1) is 86.7 Å². The average Bonchev–Trinajstić information content (AvgIpc) is 1.20. The number of carbonyl (C=O) groups excluding carboxylic acids is 6. The van der Waals surface area contributed by atoms with Crippen molar-refractivity contribution in [1.29, 1.82) is 0 Å². The summed E-state index contributed by atoms with van der Waals surface area (Å²) in [5, 5.41) is 47.1. The molecule has 0 aromatic carbocycles. The van der Waals surface area contributed by atoms with Crippen molar-refractivity contribution in [3.63, 3.8) is 0 Å². The number of rotatable bonds is 32. The molecule has 3 heterocycles. The van der Waals surface area contributed by atoms with Gasteiger partial charge in [0.15, 0.2) is 11.8 Å². The standard InChI is InChI=1S/C78H124N4O22/c1-51(33-35-61(87)53(3)63(95-13)31-25-37-81(9)49-83)67(99-17)43-71-77(5,6)69(89)45-73-79-59(47-101-73)65(97-15)29-23-20-22-28-58(94-12)40-56(86)42-76(92)104-72(44-68(100-18)52(2)34-36-62(88)54(4)64(96-14)32-26-38-82(10)50-84)78(7,8)70(90)46-74-80-60(48-102-74)66(98-16)30-24-19-21-27-57(93-11)39-55(85)41-75(91)103-71/h19-28,37-38,47-58,63-72,85-86,89-90H,29-36,39-46H2,1-18H3. The third kappa shape index (κ3) is 31.2. The number of hydrogen-bond donors (Lipinski definition) is 4. The maximum atomic E-state index is 14.1. The van der Waals surface area contributed by atoms with E-state index in [1.54, 1.807) is 117 Å². The van der Waals surface area contributed by atoms with Crippen LogP contribution in [0.1, 0.15) is 181 Å². The molecule has 1 aliphatic heterocycles. The Labute approximate surface area is 616 Å². The van der Waals surface area contributed by atoms with Crippen LogP contribution in [0.3, 0.4) is 0 Å². The van der Waals surface area contributed by atoms with Crippen molar-refractivity contribution >= 4 is 36.3 Å². The molecule has 4 N–H and O–H groups in total. The molecule has 588 valence electrons. The van der Waals surface area contributed by atoms with E-state index in [1.165, 1.54) is 65.0 Å². The predicted molar refractivity (Wildman–Crippen MR) is 390 cm³/mol. The number of Topliss-reactive ketones (excluding diaryl/α,β-unsaturated/α-hetero) is 2. The molecule has 0 aliphatic carbocycles. The first-order valence-corrected chi connectivity index (χ1v) is 36.0. The number of esters is 2. The molecule has 0 radical (unpaired) electrons. The maximum absolute atomic E-state index is 14.1. The molecule has 0 spiro atoms. The van der Waals surface area contributed by atoms with Crippen molar-refractivity contribution in [1.82, 2.24) is 19.8 Å². The van der Waals surface area contributed by atoms with Crippen LogP contribution in [0, 0.1) is 34.5 Å². The number of allylic oxidation sites excluding steroid dienone is 4. The Hall–Kier alpha value is -6.40. The number of carbonyl (C=O) groups is 6. The SMILES string of the molecule is COC1C=CC=CCC(OC)c2coc(n2)CC(O)C(C)(C)C(CC(OC)C(C)CCC(=O)C(C)C(CC=CN(C)C=O)OC)OC(=O)CC(O)CC(OC)C=CC=CCC(OC)c2coc(n2)CC(O)C(C)(C)C(CC(OC)C(C)CCC(=O)C(C)C(CC=CN(C)C=O)OC)OC(=O)CC(O)C1. The third-order valence-corrected chi connectivity index (χ3v) is 20.2. The highest BCUT2D eigenvalue weighted by Gasteiger charge is 2.44. The summed E-state index contributed by atoms with van der Waals surface area (Å²) in [6.07, 6.45) is 16.1. The molecule has 1 aliphatic rings. The molecule has 0 saturated carbocycles. The number of cyclic esters (lactones) is 2. The highest BCUT2D eigenvalue weighted by molar-refractivity contribution is 5.81. The molecule has 2 amide bonds. The van der Waals surface area contributed by atoms with Crippen LogP contribution in [0.5, 0.6) is 0 Å². The number of amides is 2. The largest absolute Gasteiger partial charge is 0.462 e. The van der Waals surface area contributed by atoms with Crippen molar-refractivity contribution in [2.45, 2.75) is 244 Å². The summed E-state index contributed by atoms with van der Waals surface area (Å²) in [5.41, 5.74) is -1.47. The molecule has 3 rings (SSSR count). The summed E-state index contributed by atoms with van der Waals surface area (Å²) in [6.45, 7) is 14.6. The molecular weight excluding hydrogens is 1340 g/mol. The topological polar surface area (TPSA) is 334 Å². The van der Waals surface area contributed by atoms with Crippen LogP contribution in [-0.2, 0) is 89.0 Å². The summed E-state index contributed by atoms with van der Waals surface area (Å²) < 4.78 is 70.9. The zero-order chi connectivity index (χ0) is 77.7. The normalized spacial score (nSPS) is 25.7. The van der Waals surface area contributed by atoms with E-state index in [-0.39, 0.29) is 86.6 Å². The van der Waals surface area contributed by atoms with E-state index in [1.807, 2.05) is 39.8 Å². The summed E-state index contributed by atoms with van der Waals surface area (Å²) in [6, 6.07) is 0. The summed E-state index contributed by atoms with van der Waals surface area (Å²) in [4.78, 5) is 89.7. The van der Waals surface area contributed by atoms with E-state index in [2.05, 4.69) is 0 Å². The minimum absolute atomic E-state index is 0.0193. The van der Waals surface area contributed by atoms with Gasteiger partial charge >= 0.3 is 11.9 Å². The first kappa shape index (κ1) is 91.8. The predicted octanol–water partition coefficient (Wildman–Crippen LogP) is 9.82. The van der Waals surface area contributed by atoms with Gasteiger partial charge in [-0.15, -0.1) is 0 Å². The zero-order valence-electron chi connectivity index (χ0n) is 64.9. The number of ketones is 2. The number of hydrogen-bond acceptors (Lipinski definition) is 24. The van der Waals surface area contributed by atoms with Gasteiger partial charge < -0.3 is 86.4 Å². The van der Waals surface area contributed by atoms with E-state index >= 15 is 0 Å². The lowest BCUT2D eigenvalue weighted by atomic mass is 9.75. The Morgan fingerprint density at radius 1 is 0.548 bits per heavy atom. The smallest absolute Gasteiger partial charge is 0.308 e. The fraction of sp³-hybridized carbons (Fsp3) is 0.692. The lowest BCUT2D eigenvalue weighted by molar-refractivity contribution is -0.169. The van der Waals surface area contributed by atoms with Gasteiger partial charge in [0, 0.05) is 145 Å². The number of aliphatic hydroxyl groups is 4. The van der Waals surface area contributed by atoms with Crippen LogP contribution >= 0.6 is 0 Å². The van der Waals surface area contributed by atoms with Gasteiger partial charge in [-0.25, -0.2) is 9.97 Å². The van der Waals surface area contributed by atoms with Crippen molar-refractivity contribution in [2.24, 2.45) is 34.5 Å². The summed E-state index contributed by atoms with van der Waals surface area (Å²) in [5.74, 6) is -2.49. The second-order valence-corrected chi connectivity index (χ2v) is 28.5. The molecule has 0 saturated heterocycles. The monoisotopic (exact) mass is 1470 g/mol. The molecule has 18 atom stereocenters. The Morgan fingerprint density at radius 2 is 0.904 bits per heavy atom. The van der Waals surface area contributed by atoms with E-state index in [0.29, 0.717) is 62.7 Å². The van der Waals surface area contributed by atoms with E-state index in [0.717, 1.165) is 0 Å². The minimum atomic E-state index is -1.21. The van der Waals surface area contributed by atoms with Crippen LogP contribution in [0.2, 0.25) is 0 Å². The second kappa shape index (κ2) is 48.0. The van der Waals surface area contributed by atoms with Gasteiger partial charge in [-0.3, -0.25) is 28.8 Å². The molecule has 2 aromatic rings. The average molecular weight is 1470 g/mol. The number of fused-ring (bicyclic) bond motifs is 4. The van der Waals surface area contributed by atoms with Gasteiger partial charge in [-0.2, -0.15) is 0 Å². The Bertz CT molecular complexity index is 2810. The zero-order valence-corrected chi connectivity index (χ0v) is 64.9. The van der Waals surface area contributed by atoms with Crippen molar-refractivity contribution < 1.29 is 105 Å². The van der Waals surface area contributed by atoms with E-state index in [9.17, 15) is 49.2 Å². The molecule has 18 unspecified atom stereocenters. The fourth-order valence-electron chi connectivity index (χ4n) is 12.4. The van der Waals surface area contributed by atoms with Crippen LogP contribution in [0.25, 0.3) is 0 Å². The van der Waals surface area contributed by atoms with Crippen molar-refractivity contribution in [3.8, 4) is 0 Å². The van der Waals surface area contributed by atoms with E-state index in [4.69, 9.17) is 66.2 Å². The summed E-state index contributed by atoms with van der Waals surface area (Å²) >= 11 is 0. The number of methoxy groups -OCH3 is 8. The van der Waals surface area contributed by atoms with Gasteiger partial charge in [0.1, 0.15) is 59.9 Å². The first-order valence-electron chi connectivity index (χ1n) is 36.0. The van der Waals surface area contributed by atoms with Crippen LogP contribution < -0.4 is 0 Å². The highest BCUT2D eigenvalue weighted by Crippen LogP contribution is 2.38. The van der Waals surface area contributed by atoms with Gasteiger partial charge in [0.2, 0.25) is 12.8 Å². The number of ether oxygens (including phenoxy) is 10. The molecule has 26 nitrogen and oxygen atoms in total. The van der Waals surface area contributed by atoms with Gasteiger partial charge in [-0.05, 0) is 50.4 Å². The Kier molecular flexibility index (Phi) is 42.4. The number of nitrogens with zero attached hydrogens (tertiary/aromatic N) is 4. The fourth-order valence-corrected chi connectivity index (χ4v) is 12.4. The molecular formula is C78H124N4O22. The Morgan fingerprint density at radius 3 is 1.22 bits per heavy atom. The molecule has 2 aromatic heterocycles. The van der Waals surface area contributed by atoms with Crippen LogP contribution in [0.4, 0.5) is 0 Å². The van der Waals surface area contributed by atoms with Crippen molar-refractivity contribution in [2.75, 3.05) is 71.0 Å². The summed E-state index contributed by atoms with van der Waals surface area (Å²) in [7, 11) is 15.4. The van der Waals surface area contributed by atoms with Crippen LogP contribution in [-0.4, -0.2) is 221 Å². The Balaban J connectivity index is 1.99. The number of aliphatic hydroxyl groups excluding tert-OH is 4. The quantitative estimate of drug-likeness (QED) is 0.0391. The highest BCUT2D eigenvalue weighted by atomic mass is 16.6. The molecule has 26 heteroatoms. The second-order valence-electron chi connectivity index (χ2n) is 28.5. The first-order chi connectivity index (χ1) is 49.4. The minimum Gasteiger partial charge on any atom is -0.462 e. The van der Waals surface area contributed by atoms with Crippen molar-refractivity contribution in [3.05, 3.63) is 109 Å². The molecule has 104 heavy (non-hydrogen) atoms. The lowest BCUT2D eigenvalue weighted by Crippen LogP contribution is -2.46.